The normalized spacial score (nSPS) is 11.2. The van der Waals surface area contributed by atoms with Crippen LogP contribution in [0.5, 0.6) is 0 Å². The molecule has 4 rings (SSSR count). The van der Waals surface area contributed by atoms with Gasteiger partial charge in [0, 0.05) is 22.7 Å². The smallest absolute Gasteiger partial charge is 0.308 e. The number of urea groups is 2. The first-order valence-electron chi connectivity index (χ1n) is 11.8. The van der Waals surface area contributed by atoms with Crippen molar-refractivity contribution in [2.24, 2.45) is 0 Å². The Morgan fingerprint density at radius 3 is 1.65 bits per heavy atom. The number of sulfonamides is 2. The van der Waals surface area contributed by atoms with E-state index < -0.39 is 32.1 Å². The molecule has 0 aromatic heterocycles. The van der Waals surface area contributed by atoms with Crippen LogP contribution in [0.15, 0.2) is 113 Å². The number of rotatable bonds is 8. The number of aryl methyl sites for hydroxylation is 1. The lowest BCUT2D eigenvalue weighted by Gasteiger charge is -2.11. The Labute approximate surface area is 231 Å². The standard InChI is InChI=1S/C27H25N5O6S2/c1-19-6-5-9-25(18-19)40(37,38)32-27(34)30-22-14-16-24(17-15-22)39(35,36)31-23-12-10-21(11-13-23)29-26(33)28-20-7-3-2-4-8-20/h2-18,31H,1H3,(H2,28,29,33)(H2,30,32,34). The molecule has 11 nitrogen and oxygen atoms in total. The molecule has 0 bridgehead atoms. The van der Waals surface area contributed by atoms with Gasteiger partial charge in [-0.2, -0.15) is 0 Å². The number of para-hydroxylation sites is 1. The average Bonchev–Trinajstić information content (AvgIpc) is 2.90. The topological polar surface area (TPSA) is 163 Å². The Kier molecular flexibility index (Phi) is 8.36. The molecular formula is C27H25N5O6S2. The summed E-state index contributed by atoms with van der Waals surface area (Å²) in [5.74, 6) is 0. The first kappa shape index (κ1) is 28.1. The first-order valence-corrected chi connectivity index (χ1v) is 14.7. The third-order valence-electron chi connectivity index (χ3n) is 5.38. The summed E-state index contributed by atoms with van der Waals surface area (Å²) in [4.78, 5) is 24.2. The number of carbonyl (C=O) groups excluding carboxylic acids is 2. The van der Waals surface area contributed by atoms with Crippen LogP contribution >= 0.6 is 0 Å². The maximum absolute atomic E-state index is 12.8. The van der Waals surface area contributed by atoms with Crippen molar-refractivity contribution in [1.82, 2.24) is 4.72 Å². The summed E-state index contributed by atoms with van der Waals surface area (Å²) in [6.07, 6.45) is 0. The van der Waals surface area contributed by atoms with Crippen molar-refractivity contribution in [3.63, 3.8) is 0 Å². The molecule has 4 aromatic rings. The molecule has 4 amide bonds. The van der Waals surface area contributed by atoms with Crippen molar-refractivity contribution in [2.45, 2.75) is 16.7 Å². The van der Waals surface area contributed by atoms with Gasteiger partial charge in [-0.1, -0.05) is 30.3 Å². The molecule has 0 heterocycles. The van der Waals surface area contributed by atoms with Crippen molar-refractivity contribution in [3.8, 4) is 0 Å². The van der Waals surface area contributed by atoms with Crippen LogP contribution in [0.2, 0.25) is 0 Å². The minimum atomic E-state index is -4.09. The third kappa shape index (κ3) is 7.58. The second kappa shape index (κ2) is 11.9. The quantitative estimate of drug-likeness (QED) is 0.198. The lowest BCUT2D eigenvalue weighted by molar-refractivity contribution is 0.256. The molecule has 0 aliphatic rings. The van der Waals surface area contributed by atoms with Crippen LogP contribution in [0.25, 0.3) is 0 Å². The average molecular weight is 580 g/mol. The molecule has 0 atom stereocenters. The maximum Gasteiger partial charge on any atom is 0.333 e. The fourth-order valence-electron chi connectivity index (χ4n) is 3.49. The number of carbonyl (C=O) groups is 2. The molecule has 0 radical (unpaired) electrons. The lowest BCUT2D eigenvalue weighted by Crippen LogP contribution is -2.34. The van der Waals surface area contributed by atoms with Gasteiger partial charge in [-0.25, -0.2) is 31.1 Å². The molecule has 40 heavy (non-hydrogen) atoms. The molecule has 13 heteroatoms. The molecule has 5 N–H and O–H groups in total. The van der Waals surface area contributed by atoms with E-state index >= 15 is 0 Å². The van der Waals surface area contributed by atoms with Gasteiger partial charge >= 0.3 is 12.1 Å². The van der Waals surface area contributed by atoms with Crippen LogP contribution in [0.1, 0.15) is 5.56 Å². The van der Waals surface area contributed by atoms with Gasteiger partial charge in [0.2, 0.25) is 0 Å². The molecule has 4 aromatic carbocycles. The Bertz CT molecular complexity index is 1730. The van der Waals surface area contributed by atoms with Crippen molar-refractivity contribution in [2.75, 3.05) is 20.7 Å². The van der Waals surface area contributed by atoms with Crippen molar-refractivity contribution in [1.29, 1.82) is 0 Å². The van der Waals surface area contributed by atoms with E-state index in [0.29, 0.717) is 16.9 Å². The second-order valence-electron chi connectivity index (χ2n) is 8.53. The van der Waals surface area contributed by atoms with Crippen LogP contribution in [0.3, 0.4) is 0 Å². The minimum Gasteiger partial charge on any atom is -0.308 e. The van der Waals surface area contributed by atoms with E-state index in [1.807, 2.05) is 10.8 Å². The molecule has 0 saturated heterocycles. The first-order chi connectivity index (χ1) is 19.0. The van der Waals surface area contributed by atoms with E-state index in [0.717, 1.165) is 0 Å². The van der Waals surface area contributed by atoms with Gasteiger partial charge in [0.15, 0.2) is 0 Å². The van der Waals surface area contributed by atoms with Gasteiger partial charge in [0.25, 0.3) is 20.0 Å². The molecule has 0 saturated carbocycles. The summed E-state index contributed by atoms with van der Waals surface area (Å²) in [6, 6.07) is 24.8. The van der Waals surface area contributed by atoms with Gasteiger partial charge in [-0.05, 0) is 85.3 Å². The Hall–Kier alpha value is -4.88. The fraction of sp³-hybridized carbons (Fsp3) is 0.0370. The van der Waals surface area contributed by atoms with E-state index in [1.165, 1.54) is 48.5 Å². The third-order valence-corrected chi connectivity index (χ3v) is 8.10. The molecule has 0 fully saturated rings. The number of anilines is 4. The minimum absolute atomic E-state index is 0.0607. The van der Waals surface area contributed by atoms with E-state index in [1.54, 1.807) is 55.5 Å². The van der Waals surface area contributed by atoms with Gasteiger partial charge in [0.05, 0.1) is 9.79 Å². The SMILES string of the molecule is Cc1cccc(S(=O)(=O)NC(=O)Nc2ccc(S(=O)(=O)Nc3ccc(NC(=O)Nc4ccccc4)cc3)cc2)c1. The largest absolute Gasteiger partial charge is 0.333 e. The van der Waals surface area contributed by atoms with Gasteiger partial charge in [-0.3, -0.25) is 4.72 Å². The van der Waals surface area contributed by atoms with E-state index in [-0.39, 0.29) is 21.2 Å². The van der Waals surface area contributed by atoms with E-state index in [2.05, 4.69) is 20.7 Å². The summed E-state index contributed by atoms with van der Waals surface area (Å²) in [5.41, 5.74) is 2.23. The predicted octanol–water partition coefficient (Wildman–Crippen LogP) is 4.95. The Morgan fingerprint density at radius 2 is 1.05 bits per heavy atom. The monoisotopic (exact) mass is 579 g/mol. The van der Waals surface area contributed by atoms with Gasteiger partial charge < -0.3 is 16.0 Å². The Balaban J connectivity index is 1.33. The van der Waals surface area contributed by atoms with E-state index in [4.69, 9.17) is 0 Å². The molecule has 0 spiro atoms. The highest BCUT2D eigenvalue weighted by molar-refractivity contribution is 7.92. The zero-order valence-corrected chi connectivity index (χ0v) is 22.7. The number of amides is 4. The summed E-state index contributed by atoms with van der Waals surface area (Å²) in [7, 11) is -8.07. The highest BCUT2D eigenvalue weighted by Crippen LogP contribution is 2.20. The molecule has 0 aliphatic heterocycles. The number of hydrogen-bond donors (Lipinski definition) is 5. The molecular weight excluding hydrogens is 554 g/mol. The van der Waals surface area contributed by atoms with E-state index in [9.17, 15) is 26.4 Å². The predicted molar refractivity (Wildman–Crippen MR) is 153 cm³/mol. The van der Waals surface area contributed by atoms with Crippen LogP contribution in [0, 0.1) is 6.92 Å². The molecule has 206 valence electrons. The zero-order valence-electron chi connectivity index (χ0n) is 21.1. The number of hydrogen-bond acceptors (Lipinski definition) is 6. The maximum atomic E-state index is 12.8. The van der Waals surface area contributed by atoms with Crippen LogP contribution in [0.4, 0.5) is 32.3 Å². The lowest BCUT2D eigenvalue weighted by atomic mass is 10.2. The van der Waals surface area contributed by atoms with Crippen molar-refractivity contribution in [3.05, 3.63) is 109 Å². The molecule has 0 aliphatic carbocycles. The van der Waals surface area contributed by atoms with Crippen LogP contribution < -0.4 is 25.4 Å². The fourth-order valence-corrected chi connectivity index (χ4v) is 5.56. The summed E-state index contributed by atoms with van der Waals surface area (Å²) >= 11 is 0. The Morgan fingerprint density at radius 1 is 0.525 bits per heavy atom. The van der Waals surface area contributed by atoms with Crippen molar-refractivity contribution < 1.29 is 26.4 Å². The highest BCUT2D eigenvalue weighted by Gasteiger charge is 2.19. The second-order valence-corrected chi connectivity index (χ2v) is 11.9. The zero-order chi connectivity index (χ0) is 28.8. The van der Waals surface area contributed by atoms with Crippen LogP contribution in [-0.4, -0.2) is 28.9 Å². The molecule has 0 unspecified atom stereocenters. The van der Waals surface area contributed by atoms with Gasteiger partial charge in [-0.15, -0.1) is 0 Å². The van der Waals surface area contributed by atoms with Crippen LogP contribution in [-0.2, 0) is 20.0 Å². The highest BCUT2D eigenvalue weighted by atomic mass is 32.2. The number of nitrogens with one attached hydrogen (secondary N) is 5. The number of benzene rings is 4. The van der Waals surface area contributed by atoms with Gasteiger partial charge in [0.1, 0.15) is 0 Å². The summed E-state index contributed by atoms with van der Waals surface area (Å²) in [6.45, 7) is 1.73. The summed E-state index contributed by atoms with van der Waals surface area (Å²) < 4.78 is 54.8. The summed E-state index contributed by atoms with van der Waals surface area (Å²) in [5, 5.41) is 7.70. The van der Waals surface area contributed by atoms with Crippen molar-refractivity contribution >= 4 is 54.9 Å².